The van der Waals surface area contributed by atoms with E-state index in [2.05, 4.69) is 9.97 Å². The summed E-state index contributed by atoms with van der Waals surface area (Å²) in [6, 6.07) is 7.24. The molecule has 9 nitrogen and oxygen atoms in total. The van der Waals surface area contributed by atoms with Gasteiger partial charge in [0.25, 0.3) is 5.56 Å². The van der Waals surface area contributed by atoms with Gasteiger partial charge in [0.1, 0.15) is 17.2 Å². The number of aromatic amines is 1. The molecule has 0 saturated heterocycles. The third kappa shape index (κ3) is 4.76. The number of rotatable bonds is 10. The third-order valence-corrected chi connectivity index (χ3v) is 5.37. The topological polar surface area (TPSA) is 119 Å². The second kappa shape index (κ2) is 9.84. The van der Waals surface area contributed by atoms with Crippen molar-refractivity contribution in [2.75, 3.05) is 0 Å². The van der Waals surface area contributed by atoms with Crippen LogP contribution in [0.3, 0.4) is 0 Å². The fourth-order valence-corrected chi connectivity index (χ4v) is 3.68. The van der Waals surface area contributed by atoms with Gasteiger partial charge in [0.15, 0.2) is 11.6 Å². The molecule has 0 bridgehead atoms. The van der Waals surface area contributed by atoms with E-state index in [1.165, 1.54) is 11.5 Å². The van der Waals surface area contributed by atoms with Crippen molar-refractivity contribution in [2.45, 2.75) is 72.1 Å². The molecule has 0 fully saturated rings. The summed E-state index contributed by atoms with van der Waals surface area (Å²) >= 11 is 0. The van der Waals surface area contributed by atoms with E-state index in [0.29, 0.717) is 48.7 Å². The van der Waals surface area contributed by atoms with E-state index in [1.807, 2.05) is 32.9 Å². The van der Waals surface area contributed by atoms with Crippen molar-refractivity contribution in [3.05, 3.63) is 56.5 Å². The summed E-state index contributed by atoms with van der Waals surface area (Å²) in [7, 11) is 0. The van der Waals surface area contributed by atoms with Gasteiger partial charge in [-0.15, -0.1) is 0 Å². The Morgan fingerprint density at radius 3 is 2.31 bits per heavy atom. The number of aromatic nitrogens is 4. The lowest BCUT2D eigenvalue weighted by atomic mass is 10.0. The van der Waals surface area contributed by atoms with Gasteiger partial charge in [0.2, 0.25) is 0 Å². The smallest absolute Gasteiger partial charge is 0.344 e. The van der Waals surface area contributed by atoms with Crippen LogP contribution in [0.15, 0.2) is 33.9 Å². The van der Waals surface area contributed by atoms with Crippen LogP contribution in [-0.4, -0.2) is 36.3 Å². The summed E-state index contributed by atoms with van der Waals surface area (Å²) in [5.41, 5.74) is 1.12. The quantitative estimate of drug-likeness (QED) is 0.498. The molecule has 2 heterocycles. The maximum atomic E-state index is 12.9. The molecule has 1 aromatic carbocycles. The monoisotopic (exact) mass is 442 g/mol. The molecule has 0 aliphatic heterocycles. The van der Waals surface area contributed by atoms with E-state index in [-0.39, 0.29) is 17.2 Å². The molecule has 0 spiro atoms. The number of ether oxygens (including phenoxy) is 1. The Hall–Kier alpha value is -3.36. The number of benzene rings is 1. The molecule has 0 aliphatic carbocycles. The van der Waals surface area contributed by atoms with Crippen molar-refractivity contribution in [2.24, 2.45) is 0 Å². The van der Waals surface area contributed by atoms with E-state index in [1.54, 1.807) is 16.7 Å². The Kier molecular flexibility index (Phi) is 7.17. The number of hydrogen-bond acceptors (Lipinski definition) is 5. The molecule has 9 heteroatoms. The molecule has 2 unspecified atom stereocenters. The minimum atomic E-state index is -1.02. The highest BCUT2D eigenvalue weighted by atomic mass is 16.5. The first-order valence-electron chi connectivity index (χ1n) is 11.0. The van der Waals surface area contributed by atoms with Gasteiger partial charge >= 0.3 is 11.7 Å². The van der Waals surface area contributed by atoms with E-state index >= 15 is 0 Å². The van der Waals surface area contributed by atoms with Crippen LogP contribution in [0, 0.1) is 0 Å². The maximum Gasteiger partial charge on any atom is 0.344 e. The van der Waals surface area contributed by atoms with Crippen LogP contribution in [-0.2, 0) is 24.3 Å². The second-order valence-corrected chi connectivity index (χ2v) is 8.06. The fourth-order valence-electron chi connectivity index (χ4n) is 3.68. The number of hydrogen-bond donors (Lipinski definition) is 2. The summed E-state index contributed by atoms with van der Waals surface area (Å²) in [6.45, 7) is 8.26. The number of aryl methyl sites for hydroxylation is 1. The first-order valence-corrected chi connectivity index (χ1v) is 11.0. The Balaban J connectivity index is 1.88. The molecule has 3 rings (SSSR count). The predicted molar refractivity (Wildman–Crippen MR) is 121 cm³/mol. The summed E-state index contributed by atoms with van der Waals surface area (Å²) < 4.78 is 8.23. The number of carboxylic acid groups (broad SMARTS) is 1. The van der Waals surface area contributed by atoms with E-state index in [0.717, 1.165) is 12.0 Å². The van der Waals surface area contributed by atoms with Crippen molar-refractivity contribution in [1.29, 1.82) is 0 Å². The number of nitrogens with zero attached hydrogens (tertiary/aromatic N) is 3. The van der Waals surface area contributed by atoms with Crippen LogP contribution >= 0.6 is 0 Å². The number of nitrogens with one attached hydrogen (secondary N) is 1. The molecule has 0 saturated carbocycles. The first-order chi connectivity index (χ1) is 15.3. The third-order valence-electron chi connectivity index (χ3n) is 5.37. The average molecular weight is 443 g/mol. The normalized spacial score (nSPS) is 13.2. The second-order valence-electron chi connectivity index (χ2n) is 8.06. The van der Waals surface area contributed by atoms with E-state index < -0.39 is 12.1 Å². The van der Waals surface area contributed by atoms with Gasteiger partial charge in [-0.3, -0.25) is 13.9 Å². The lowest BCUT2D eigenvalue weighted by Crippen LogP contribution is -2.40. The lowest BCUT2D eigenvalue weighted by Gasteiger charge is -2.12. The Morgan fingerprint density at radius 1 is 1.09 bits per heavy atom. The zero-order valence-electron chi connectivity index (χ0n) is 18.9. The lowest BCUT2D eigenvalue weighted by molar-refractivity contribution is -0.144. The predicted octanol–water partition coefficient (Wildman–Crippen LogP) is 2.90. The summed E-state index contributed by atoms with van der Waals surface area (Å²) in [6.07, 6.45) is 1.17. The number of carboxylic acids is 1. The minimum absolute atomic E-state index is 0.0312. The van der Waals surface area contributed by atoms with Crippen molar-refractivity contribution >= 4 is 17.1 Å². The van der Waals surface area contributed by atoms with Gasteiger partial charge in [0.05, 0.1) is 0 Å². The van der Waals surface area contributed by atoms with Crippen molar-refractivity contribution < 1.29 is 14.6 Å². The molecule has 2 atom stereocenters. The van der Waals surface area contributed by atoms with Crippen LogP contribution < -0.4 is 16.0 Å². The van der Waals surface area contributed by atoms with Crippen LogP contribution in [0.5, 0.6) is 5.75 Å². The first kappa shape index (κ1) is 23.3. The van der Waals surface area contributed by atoms with Crippen LogP contribution in [0.1, 0.15) is 57.8 Å². The fraction of sp³-hybridized carbons (Fsp3) is 0.478. The summed E-state index contributed by atoms with van der Waals surface area (Å²) in [5, 5.41) is 8.96. The average Bonchev–Trinajstić information content (AvgIpc) is 3.21. The Labute approximate surface area is 185 Å². The van der Waals surface area contributed by atoms with E-state index in [4.69, 9.17) is 9.84 Å². The standard InChI is InChI=1S/C23H30N4O5/c1-5-11-26-20-18(21(28)27(12-6-2)23(26)31)24-19(25-20)14(3)13-16-7-9-17(10-8-16)32-15(4)22(29)30/h7-10,14-15H,5-6,11-13H2,1-4H3,(H,24,25)(H,29,30). The zero-order chi connectivity index (χ0) is 23.4. The maximum absolute atomic E-state index is 12.9. The molecule has 0 aliphatic rings. The van der Waals surface area contributed by atoms with Crippen molar-refractivity contribution in [1.82, 2.24) is 19.1 Å². The van der Waals surface area contributed by atoms with Gasteiger partial charge in [-0.1, -0.05) is 32.9 Å². The number of aliphatic carboxylic acids is 1. The highest BCUT2D eigenvalue weighted by Crippen LogP contribution is 2.22. The highest BCUT2D eigenvalue weighted by Gasteiger charge is 2.19. The molecular formula is C23H30N4O5. The van der Waals surface area contributed by atoms with Gasteiger partial charge in [-0.2, -0.15) is 0 Å². The van der Waals surface area contributed by atoms with Crippen LogP contribution in [0.2, 0.25) is 0 Å². The SMILES string of the molecule is CCCn1c(=O)c2nc(C(C)Cc3ccc(OC(C)C(=O)O)cc3)[nH]c2n(CCC)c1=O. The molecule has 0 radical (unpaired) electrons. The minimum Gasteiger partial charge on any atom is -0.479 e. The molecule has 172 valence electrons. The largest absolute Gasteiger partial charge is 0.479 e. The zero-order valence-corrected chi connectivity index (χ0v) is 18.9. The van der Waals surface area contributed by atoms with Gasteiger partial charge in [-0.05, 0) is 43.9 Å². The van der Waals surface area contributed by atoms with Gasteiger partial charge < -0.3 is 14.8 Å². The summed E-state index contributed by atoms with van der Waals surface area (Å²) in [4.78, 5) is 44.4. The number of fused-ring (bicyclic) bond motifs is 1. The van der Waals surface area contributed by atoms with Crippen molar-refractivity contribution in [3.63, 3.8) is 0 Å². The van der Waals surface area contributed by atoms with Crippen LogP contribution in [0.4, 0.5) is 0 Å². The molecule has 0 amide bonds. The molecule has 2 N–H and O–H groups in total. The molecule has 2 aromatic heterocycles. The highest BCUT2D eigenvalue weighted by molar-refractivity contribution is 5.72. The Bertz CT molecular complexity index is 1210. The van der Waals surface area contributed by atoms with Crippen molar-refractivity contribution in [3.8, 4) is 5.75 Å². The van der Waals surface area contributed by atoms with E-state index in [9.17, 15) is 14.4 Å². The number of H-pyrrole nitrogens is 1. The Morgan fingerprint density at radius 2 is 1.72 bits per heavy atom. The summed E-state index contributed by atoms with van der Waals surface area (Å²) in [5.74, 6) is 0.0824. The van der Waals surface area contributed by atoms with Gasteiger partial charge in [-0.25, -0.2) is 14.6 Å². The molecular weight excluding hydrogens is 412 g/mol. The number of carbonyl (C=O) groups is 1. The molecule has 3 aromatic rings. The van der Waals surface area contributed by atoms with Gasteiger partial charge in [0, 0.05) is 19.0 Å². The molecule has 32 heavy (non-hydrogen) atoms. The van der Waals surface area contributed by atoms with Crippen LogP contribution in [0.25, 0.3) is 11.2 Å². The number of imidazole rings is 1.